The summed E-state index contributed by atoms with van der Waals surface area (Å²) in [6.07, 6.45) is 2.13. The second kappa shape index (κ2) is 11.5. The fourth-order valence-corrected chi connectivity index (χ4v) is 3.68. The number of halogens is 3. The lowest BCUT2D eigenvalue weighted by Crippen LogP contribution is -2.11. The fraction of sp³-hybridized carbons (Fsp3) is 0.364. The van der Waals surface area contributed by atoms with Crippen LogP contribution in [0.4, 0.5) is 5.69 Å². The number of benzene rings is 2. The Morgan fingerprint density at radius 2 is 1.58 bits per heavy atom. The van der Waals surface area contributed by atoms with Gasteiger partial charge in [0, 0.05) is 30.2 Å². The topological polar surface area (TPSA) is 95.9 Å². The van der Waals surface area contributed by atoms with E-state index in [2.05, 4.69) is 5.32 Å². The average molecular weight is 489 g/mol. The van der Waals surface area contributed by atoms with Gasteiger partial charge < -0.3 is 20.3 Å². The van der Waals surface area contributed by atoms with Crippen molar-refractivity contribution < 1.29 is 24.5 Å². The Hall–Kier alpha value is -2.15. The molecule has 0 saturated heterocycles. The summed E-state index contributed by atoms with van der Waals surface area (Å²) >= 11 is 18.7. The van der Waals surface area contributed by atoms with Gasteiger partial charge >= 0.3 is 5.97 Å². The minimum Gasteiger partial charge on any atom is -0.506 e. The third-order valence-electron chi connectivity index (χ3n) is 4.48. The van der Waals surface area contributed by atoms with E-state index in [1.165, 1.54) is 18.2 Å². The predicted molar refractivity (Wildman–Crippen MR) is 123 cm³/mol. The Bertz CT molecular complexity index is 939. The molecule has 2 aromatic rings. The molecule has 0 radical (unpaired) electrons. The molecular weight excluding hydrogens is 465 g/mol. The number of nitrogens with one attached hydrogen (secondary N) is 1. The number of carboxylic acids is 1. The number of unbranched alkanes of at least 4 members (excludes halogenated alkanes) is 2. The lowest BCUT2D eigenvalue weighted by Gasteiger charge is -2.15. The maximum Gasteiger partial charge on any atom is 0.303 e. The van der Waals surface area contributed by atoms with Crippen molar-refractivity contribution in [3.8, 4) is 17.2 Å². The first-order valence-electron chi connectivity index (χ1n) is 9.79. The van der Waals surface area contributed by atoms with E-state index in [1.54, 1.807) is 6.07 Å². The molecule has 0 fully saturated rings. The summed E-state index contributed by atoms with van der Waals surface area (Å²) in [5.41, 5.74) is 1.05. The molecule has 168 valence electrons. The number of rotatable bonds is 10. The van der Waals surface area contributed by atoms with E-state index in [0.29, 0.717) is 36.3 Å². The van der Waals surface area contributed by atoms with E-state index in [-0.39, 0.29) is 51.2 Å². The highest BCUT2D eigenvalue weighted by Gasteiger charge is 2.16. The number of phenols is 1. The molecule has 0 aliphatic rings. The molecule has 9 heteroatoms. The second-order valence-corrected chi connectivity index (χ2v) is 8.59. The van der Waals surface area contributed by atoms with Crippen molar-refractivity contribution in [3.05, 3.63) is 44.9 Å². The maximum atomic E-state index is 12.1. The van der Waals surface area contributed by atoms with Gasteiger partial charge in [0.15, 0.2) is 5.75 Å². The number of anilines is 1. The summed E-state index contributed by atoms with van der Waals surface area (Å²) < 4.78 is 5.82. The van der Waals surface area contributed by atoms with Crippen LogP contribution in [0, 0.1) is 0 Å². The molecule has 3 N–H and O–H groups in total. The number of carbonyl (C=O) groups excluding carboxylic acids is 1. The Balaban J connectivity index is 2.06. The molecule has 0 aliphatic carbocycles. The van der Waals surface area contributed by atoms with Crippen LogP contribution in [0.15, 0.2) is 24.3 Å². The molecule has 0 aromatic heterocycles. The van der Waals surface area contributed by atoms with Crippen LogP contribution in [0.1, 0.15) is 57.4 Å². The first-order valence-corrected chi connectivity index (χ1v) is 10.9. The molecule has 0 saturated carbocycles. The van der Waals surface area contributed by atoms with Crippen LogP contribution in [-0.4, -0.2) is 22.1 Å². The normalized spacial score (nSPS) is 10.9. The van der Waals surface area contributed by atoms with Crippen molar-refractivity contribution in [3.63, 3.8) is 0 Å². The minimum atomic E-state index is -0.842. The van der Waals surface area contributed by atoms with Gasteiger partial charge in [-0.05, 0) is 37.0 Å². The van der Waals surface area contributed by atoms with Crippen LogP contribution in [0.5, 0.6) is 17.2 Å². The molecule has 31 heavy (non-hydrogen) atoms. The summed E-state index contributed by atoms with van der Waals surface area (Å²) in [4.78, 5) is 22.6. The standard InChI is InChI=1S/C22H24Cl3NO5/c1-12(2)15-10-14(11-16(23)21(15)30)31-22-17(24)8-13(9-18(22)25)26-19(27)6-4-3-5-7-20(28)29/h8-12,30H,3-7H2,1-2H3,(H,26,27)(H,28,29). The van der Waals surface area contributed by atoms with Gasteiger partial charge in [-0.1, -0.05) is 55.1 Å². The highest BCUT2D eigenvalue weighted by atomic mass is 35.5. The van der Waals surface area contributed by atoms with Crippen LogP contribution in [0.2, 0.25) is 15.1 Å². The number of hydrogen-bond acceptors (Lipinski definition) is 4. The molecule has 0 unspecified atom stereocenters. The summed E-state index contributed by atoms with van der Waals surface area (Å²) in [7, 11) is 0. The highest BCUT2D eigenvalue weighted by molar-refractivity contribution is 6.37. The molecule has 0 spiro atoms. The van der Waals surface area contributed by atoms with Crippen molar-refractivity contribution in [2.75, 3.05) is 5.32 Å². The zero-order valence-corrected chi connectivity index (χ0v) is 19.4. The fourth-order valence-electron chi connectivity index (χ4n) is 2.90. The highest BCUT2D eigenvalue weighted by Crippen LogP contribution is 2.42. The van der Waals surface area contributed by atoms with Gasteiger partial charge in [-0.2, -0.15) is 0 Å². The van der Waals surface area contributed by atoms with Gasteiger partial charge in [-0.15, -0.1) is 0 Å². The number of aliphatic carboxylic acids is 1. The third-order valence-corrected chi connectivity index (χ3v) is 5.33. The minimum absolute atomic E-state index is 0.00207. The summed E-state index contributed by atoms with van der Waals surface area (Å²) in [6.45, 7) is 3.83. The Morgan fingerprint density at radius 1 is 0.968 bits per heavy atom. The van der Waals surface area contributed by atoms with Crippen LogP contribution in [0.25, 0.3) is 0 Å². The van der Waals surface area contributed by atoms with Gasteiger partial charge in [0.05, 0.1) is 15.1 Å². The monoisotopic (exact) mass is 487 g/mol. The molecule has 0 heterocycles. The van der Waals surface area contributed by atoms with E-state index in [1.807, 2.05) is 13.8 Å². The summed E-state index contributed by atoms with van der Waals surface area (Å²) in [6, 6.07) is 6.18. The second-order valence-electron chi connectivity index (χ2n) is 7.37. The van der Waals surface area contributed by atoms with Crippen molar-refractivity contribution in [2.45, 2.75) is 51.9 Å². The number of ether oxygens (including phenoxy) is 1. The smallest absolute Gasteiger partial charge is 0.303 e. The number of amides is 1. The molecule has 0 atom stereocenters. The molecule has 0 bridgehead atoms. The van der Waals surface area contributed by atoms with E-state index >= 15 is 0 Å². The third kappa shape index (κ3) is 7.49. The average Bonchev–Trinajstić information content (AvgIpc) is 2.66. The Morgan fingerprint density at radius 3 is 2.16 bits per heavy atom. The lowest BCUT2D eigenvalue weighted by atomic mass is 10.0. The van der Waals surface area contributed by atoms with Crippen LogP contribution < -0.4 is 10.1 Å². The number of hydrogen-bond donors (Lipinski definition) is 3. The van der Waals surface area contributed by atoms with Gasteiger partial charge in [-0.3, -0.25) is 9.59 Å². The SMILES string of the molecule is CC(C)c1cc(Oc2c(Cl)cc(NC(=O)CCCCCC(=O)O)cc2Cl)cc(Cl)c1O. The van der Waals surface area contributed by atoms with E-state index in [4.69, 9.17) is 44.6 Å². The van der Waals surface area contributed by atoms with Gasteiger partial charge in [0.1, 0.15) is 11.5 Å². The van der Waals surface area contributed by atoms with Crippen LogP contribution in [-0.2, 0) is 9.59 Å². The quantitative estimate of drug-likeness (QED) is 0.306. The van der Waals surface area contributed by atoms with Crippen molar-refractivity contribution >= 4 is 52.4 Å². The zero-order chi connectivity index (χ0) is 23.1. The lowest BCUT2D eigenvalue weighted by molar-refractivity contribution is -0.137. The molecule has 0 aliphatic heterocycles. The first kappa shape index (κ1) is 25.1. The molecule has 6 nitrogen and oxygen atoms in total. The number of carbonyl (C=O) groups is 2. The van der Waals surface area contributed by atoms with Crippen molar-refractivity contribution in [1.29, 1.82) is 0 Å². The number of carboxylic acid groups (broad SMARTS) is 1. The van der Waals surface area contributed by atoms with Crippen LogP contribution in [0.3, 0.4) is 0 Å². The Labute approximate surface area is 196 Å². The Kier molecular flexibility index (Phi) is 9.29. The van der Waals surface area contributed by atoms with Gasteiger partial charge in [0.25, 0.3) is 0 Å². The number of aromatic hydroxyl groups is 1. The van der Waals surface area contributed by atoms with Gasteiger partial charge in [-0.25, -0.2) is 0 Å². The van der Waals surface area contributed by atoms with Gasteiger partial charge in [0.2, 0.25) is 5.91 Å². The molecule has 2 aromatic carbocycles. The predicted octanol–water partition coefficient (Wildman–Crippen LogP) is 7.24. The van der Waals surface area contributed by atoms with E-state index < -0.39 is 5.97 Å². The maximum absolute atomic E-state index is 12.1. The summed E-state index contributed by atoms with van der Waals surface area (Å²) in [5.74, 6) is -0.468. The molecule has 1 amide bonds. The molecular formula is C22H24Cl3NO5. The van der Waals surface area contributed by atoms with E-state index in [9.17, 15) is 14.7 Å². The van der Waals surface area contributed by atoms with Crippen LogP contribution >= 0.6 is 34.8 Å². The zero-order valence-electron chi connectivity index (χ0n) is 17.2. The van der Waals surface area contributed by atoms with Crippen molar-refractivity contribution in [2.24, 2.45) is 0 Å². The number of phenolic OH excluding ortho intramolecular Hbond substituents is 1. The first-order chi connectivity index (χ1) is 14.6. The largest absolute Gasteiger partial charge is 0.506 e. The van der Waals surface area contributed by atoms with E-state index in [0.717, 1.165) is 0 Å². The molecule has 2 rings (SSSR count). The van der Waals surface area contributed by atoms with Crippen molar-refractivity contribution in [1.82, 2.24) is 0 Å². The summed E-state index contributed by atoms with van der Waals surface area (Å²) in [5, 5.41) is 22.0.